The fraction of sp³-hybridized carbons (Fsp3) is 0.455. The Kier molecular flexibility index (Phi) is 3.49. The molecule has 1 rings (SSSR count). The molecule has 1 amide bonds. The summed E-state index contributed by atoms with van der Waals surface area (Å²) in [5.41, 5.74) is 11.8. The second kappa shape index (κ2) is 4.49. The first kappa shape index (κ1) is 12.4. The molecule has 5 nitrogen and oxygen atoms in total. The van der Waals surface area contributed by atoms with Crippen LogP contribution in [-0.4, -0.2) is 30.0 Å². The summed E-state index contributed by atoms with van der Waals surface area (Å²) in [6, 6.07) is 3.49. The maximum absolute atomic E-state index is 11.0. The van der Waals surface area contributed by atoms with Gasteiger partial charge in [0.25, 0.3) is 5.91 Å². The Hall–Kier alpha value is -1.62. The van der Waals surface area contributed by atoms with Crippen molar-refractivity contribution in [1.82, 2.24) is 4.98 Å². The van der Waals surface area contributed by atoms with E-state index in [1.807, 2.05) is 31.9 Å². The lowest BCUT2D eigenvalue weighted by molar-refractivity contribution is 0.0995. The number of likely N-dealkylation sites (N-methyl/N-ethyl adjacent to an activating group) is 1. The number of anilines is 1. The molecule has 16 heavy (non-hydrogen) atoms. The number of carbonyl (C=O) groups is 1. The summed E-state index contributed by atoms with van der Waals surface area (Å²) in [6.07, 6.45) is 1.57. The molecule has 0 aliphatic heterocycles. The van der Waals surface area contributed by atoms with Crippen molar-refractivity contribution in [2.45, 2.75) is 19.4 Å². The van der Waals surface area contributed by atoms with E-state index in [9.17, 15) is 4.79 Å². The molecule has 0 atom stereocenters. The molecule has 0 aliphatic rings. The fourth-order valence-electron chi connectivity index (χ4n) is 1.25. The molecular formula is C11H18N4O. The van der Waals surface area contributed by atoms with Crippen LogP contribution in [0.15, 0.2) is 18.3 Å². The van der Waals surface area contributed by atoms with E-state index >= 15 is 0 Å². The Bertz CT molecular complexity index is 389. The van der Waals surface area contributed by atoms with Crippen molar-refractivity contribution < 1.29 is 4.79 Å². The summed E-state index contributed by atoms with van der Waals surface area (Å²) in [7, 11) is 1.92. The average Bonchev–Trinajstić information content (AvgIpc) is 2.28. The average molecular weight is 222 g/mol. The number of primary amides is 1. The van der Waals surface area contributed by atoms with E-state index in [2.05, 4.69) is 4.98 Å². The molecule has 1 aromatic rings. The van der Waals surface area contributed by atoms with Gasteiger partial charge in [0.05, 0.1) is 0 Å². The van der Waals surface area contributed by atoms with Gasteiger partial charge in [-0.3, -0.25) is 9.78 Å². The Labute approximate surface area is 95.4 Å². The summed E-state index contributed by atoms with van der Waals surface area (Å²) in [6.45, 7) is 4.56. The summed E-state index contributed by atoms with van der Waals surface area (Å²) >= 11 is 0. The smallest absolute Gasteiger partial charge is 0.267 e. The molecule has 0 fully saturated rings. The standard InChI is InChI=1S/C11H18N4O/c1-11(2,7-12)15(3)8-4-5-14-9(6-8)10(13)16/h4-6H,7,12H2,1-3H3,(H2,13,16). The van der Waals surface area contributed by atoms with E-state index in [4.69, 9.17) is 11.5 Å². The number of nitrogens with zero attached hydrogens (tertiary/aromatic N) is 2. The molecule has 0 unspecified atom stereocenters. The molecule has 0 bridgehead atoms. The monoisotopic (exact) mass is 222 g/mol. The topological polar surface area (TPSA) is 85.2 Å². The van der Waals surface area contributed by atoms with Crippen LogP contribution in [0.3, 0.4) is 0 Å². The van der Waals surface area contributed by atoms with Gasteiger partial charge in [0.15, 0.2) is 0 Å². The van der Waals surface area contributed by atoms with Crippen LogP contribution in [0.5, 0.6) is 0 Å². The van der Waals surface area contributed by atoms with Gasteiger partial charge in [-0.05, 0) is 26.0 Å². The third-order valence-corrected chi connectivity index (χ3v) is 2.79. The Morgan fingerprint density at radius 1 is 1.56 bits per heavy atom. The van der Waals surface area contributed by atoms with Gasteiger partial charge in [0, 0.05) is 31.0 Å². The van der Waals surface area contributed by atoms with Crippen LogP contribution in [0, 0.1) is 0 Å². The second-order valence-corrected chi connectivity index (χ2v) is 4.34. The van der Waals surface area contributed by atoms with Crippen molar-refractivity contribution >= 4 is 11.6 Å². The molecule has 1 aromatic heterocycles. The van der Waals surface area contributed by atoms with Crippen molar-refractivity contribution in [3.05, 3.63) is 24.0 Å². The molecule has 0 saturated carbocycles. The van der Waals surface area contributed by atoms with Crippen LogP contribution < -0.4 is 16.4 Å². The summed E-state index contributed by atoms with van der Waals surface area (Å²) < 4.78 is 0. The number of nitrogens with two attached hydrogens (primary N) is 2. The van der Waals surface area contributed by atoms with Crippen LogP contribution in [0.2, 0.25) is 0 Å². The first-order valence-corrected chi connectivity index (χ1v) is 5.08. The predicted octanol–water partition coefficient (Wildman–Crippen LogP) is 0.354. The van der Waals surface area contributed by atoms with Gasteiger partial charge in [0.2, 0.25) is 0 Å². The fourth-order valence-corrected chi connectivity index (χ4v) is 1.25. The normalized spacial score (nSPS) is 11.2. The Morgan fingerprint density at radius 3 is 2.69 bits per heavy atom. The maximum Gasteiger partial charge on any atom is 0.267 e. The summed E-state index contributed by atoms with van der Waals surface area (Å²) in [4.78, 5) is 16.9. The van der Waals surface area contributed by atoms with Gasteiger partial charge in [-0.15, -0.1) is 0 Å². The predicted molar refractivity (Wildman–Crippen MR) is 64.3 cm³/mol. The highest BCUT2D eigenvalue weighted by Crippen LogP contribution is 2.21. The number of aromatic nitrogens is 1. The molecule has 0 radical (unpaired) electrons. The minimum atomic E-state index is -0.527. The first-order chi connectivity index (χ1) is 7.38. The van der Waals surface area contributed by atoms with E-state index in [0.717, 1.165) is 5.69 Å². The highest BCUT2D eigenvalue weighted by Gasteiger charge is 2.22. The SMILES string of the molecule is CN(c1ccnc(C(N)=O)c1)C(C)(C)CN. The lowest BCUT2D eigenvalue weighted by Crippen LogP contribution is -2.47. The lowest BCUT2D eigenvalue weighted by atomic mass is 10.0. The highest BCUT2D eigenvalue weighted by atomic mass is 16.1. The Morgan fingerprint density at radius 2 is 2.19 bits per heavy atom. The van der Waals surface area contributed by atoms with Crippen molar-refractivity contribution in [3.8, 4) is 0 Å². The molecule has 0 aromatic carbocycles. The van der Waals surface area contributed by atoms with Crippen LogP contribution in [0.4, 0.5) is 5.69 Å². The van der Waals surface area contributed by atoms with E-state index < -0.39 is 5.91 Å². The van der Waals surface area contributed by atoms with Gasteiger partial charge in [-0.25, -0.2) is 0 Å². The van der Waals surface area contributed by atoms with Crippen LogP contribution >= 0.6 is 0 Å². The molecule has 0 saturated heterocycles. The second-order valence-electron chi connectivity index (χ2n) is 4.34. The third kappa shape index (κ3) is 2.49. The maximum atomic E-state index is 11.0. The molecule has 4 N–H and O–H groups in total. The van der Waals surface area contributed by atoms with Crippen molar-refractivity contribution in [3.63, 3.8) is 0 Å². The molecular weight excluding hydrogens is 204 g/mol. The van der Waals surface area contributed by atoms with Crippen molar-refractivity contribution in [2.75, 3.05) is 18.5 Å². The van der Waals surface area contributed by atoms with Gasteiger partial charge in [-0.1, -0.05) is 0 Å². The highest BCUT2D eigenvalue weighted by molar-refractivity contribution is 5.91. The lowest BCUT2D eigenvalue weighted by Gasteiger charge is -2.36. The molecule has 0 spiro atoms. The minimum absolute atomic E-state index is 0.184. The molecule has 88 valence electrons. The van der Waals surface area contributed by atoms with E-state index in [1.165, 1.54) is 0 Å². The van der Waals surface area contributed by atoms with Gasteiger partial charge in [0.1, 0.15) is 5.69 Å². The molecule has 1 heterocycles. The zero-order valence-corrected chi connectivity index (χ0v) is 9.90. The van der Waals surface area contributed by atoms with Gasteiger partial charge >= 0.3 is 0 Å². The van der Waals surface area contributed by atoms with E-state index in [-0.39, 0.29) is 11.2 Å². The number of carbonyl (C=O) groups excluding carboxylic acids is 1. The van der Waals surface area contributed by atoms with Crippen molar-refractivity contribution in [1.29, 1.82) is 0 Å². The van der Waals surface area contributed by atoms with Gasteiger partial charge < -0.3 is 16.4 Å². The summed E-state index contributed by atoms with van der Waals surface area (Å²) in [5, 5.41) is 0. The van der Waals surface area contributed by atoms with E-state index in [0.29, 0.717) is 6.54 Å². The van der Waals surface area contributed by atoms with Crippen LogP contribution in [0.25, 0.3) is 0 Å². The van der Waals surface area contributed by atoms with Crippen LogP contribution in [0.1, 0.15) is 24.3 Å². The number of hydrogen-bond donors (Lipinski definition) is 2. The molecule has 5 heteroatoms. The van der Waals surface area contributed by atoms with Crippen LogP contribution in [-0.2, 0) is 0 Å². The third-order valence-electron chi connectivity index (χ3n) is 2.79. The van der Waals surface area contributed by atoms with Crippen molar-refractivity contribution in [2.24, 2.45) is 11.5 Å². The van der Waals surface area contributed by atoms with E-state index in [1.54, 1.807) is 12.3 Å². The Balaban J connectivity index is 3.05. The zero-order valence-electron chi connectivity index (χ0n) is 9.90. The first-order valence-electron chi connectivity index (χ1n) is 5.08. The largest absolute Gasteiger partial charge is 0.368 e. The number of hydrogen-bond acceptors (Lipinski definition) is 4. The quantitative estimate of drug-likeness (QED) is 0.770. The zero-order chi connectivity index (χ0) is 12.3. The van der Waals surface area contributed by atoms with Gasteiger partial charge in [-0.2, -0.15) is 0 Å². The number of amides is 1. The summed E-state index contributed by atoms with van der Waals surface area (Å²) in [5.74, 6) is -0.527. The minimum Gasteiger partial charge on any atom is -0.368 e. The number of rotatable bonds is 4. The number of pyridine rings is 1. The molecule has 0 aliphatic carbocycles.